The third-order valence-corrected chi connectivity index (χ3v) is 3.10. The van der Waals surface area contributed by atoms with Crippen LogP contribution in [0.2, 0.25) is 0 Å². The standard InChI is InChI=1S/C12H14FNO/c1-7-11(14-8-5-6-8)9-3-2-4-10(13)12(9)15-7/h2-4,7-8,11,14H,5-6H2,1H3. The monoisotopic (exact) mass is 207 g/mol. The SMILES string of the molecule is CC1Oc2c(F)cccc2C1NC1CC1. The summed E-state index contributed by atoms with van der Waals surface area (Å²) in [6.45, 7) is 1.99. The molecule has 1 fully saturated rings. The molecule has 0 radical (unpaired) electrons. The number of para-hydroxylation sites is 1. The van der Waals surface area contributed by atoms with Crippen LogP contribution in [-0.2, 0) is 0 Å². The Labute approximate surface area is 88.4 Å². The first-order chi connectivity index (χ1) is 7.25. The lowest BCUT2D eigenvalue weighted by molar-refractivity contribution is 0.202. The molecule has 1 aliphatic heterocycles. The van der Waals surface area contributed by atoms with Crippen molar-refractivity contribution in [1.29, 1.82) is 0 Å². The van der Waals surface area contributed by atoms with Gasteiger partial charge in [0, 0.05) is 11.6 Å². The third kappa shape index (κ3) is 1.51. The highest BCUT2D eigenvalue weighted by Crippen LogP contribution is 2.39. The van der Waals surface area contributed by atoms with Gasteiger partial charge < -0.3 is 10.1 Å². The normalized spacial score (nSPS) is 28.7. The summed E-state index contributed by atoms with van der Waals surface area (Å²) in [7, 11) is 0. The number of benzene rings is 1. The van der Waals surface area contributed by atoms with Gasteiger partial charge in [0.05, 0.1) is 6.04 Å². The average Bonchev–Trinajstić information content (AvgIpc) is 2.96. The minimum Gasteiger partial charge on any atom is -0.485 e. The van der Waals surface area contributed by atoms with Crippen LogP contribution in [0.1, 0.15) is 31.4 Å². The summed E-state index contributed by atoms with van der Waals surface area (Å²) >= 11 is 0. The molecule has 1 saturated carbocycles. The zero-order valence-corrected chi connectivity index (χ0v) is 8.66. The molecule has 2 aliphatic rings. The number of nitrogens with one attached hydrogen (secondary N) is 1. The molecule has 2 nitrogen and oxygen atoms in total. The van der Waals surface area contributed by atoms with Crippen LogP contribution in [0.5, 0.6) is 5.75 Å². The molecule has 1 aromatic rings. The van der Waals surface area contributed by atoms with Crippen LogP contribution < -0.4 is 10.1 Å². The van der Waals surface area contributed by atoms with E-state index in [9.17, 15) is 4.39 Å². The zero-order valence-electron chi connectivity index (χ0n) is 8.66. The van der Waals surface area contributed by atoms with E-state index in [0.29, 0.717) is 11.8 Å². The van der Waals surface area contributed by atoms with Crippen LogP contribution in [0.25, 0.3) is 0 Å². The van der Waals surface area contributed by atoms with Crippen LogP contribution in [0, 0.1) is 5.82 Å². The Hall–Kier alpha value is -1.09. The number of hydrogen-bond donors (Lipinski definition) is 1. The fraction of sp³-hybridized carbons (Fsp3) is 0.500. The molecule has 1 aromatic carbocycles. The Balaban J connectivity index is 1.93. The first kappa shape index (κ1) is 9.16. The van der Waals surface area contributed by atoms with Crippen LogP contribution in [0.3, 0.4) is 0 Å². The van der Waals surface area contributed by atoms with Crippen molar-refractivity contribution in [3.8, 4) is 5.75 Å². The van der Waals surface area contributed by atoms with Crippen LogP contribution in [-0.4, -0.2) is 12.1 Å². The molecule has 0 amide bonds. The Bertz CT molecular complexity index is 389. The Morgan fingerprint density at radius 2 is 2.20 bits per heavy atom. The fourth-order valence-electron chi connectivity index (χ4n) is 2.13. The van der Waals surface area contributed by atoms with E-state index in [1.54, 1.807) is 6.07 Å². The van der Waals surface area contributed by atoms with Gasteiger partial charge in [0.1, 0.15) is 6.10 Å². The summed E-state index contributed by atoms with van der Waals surface area (Å²) in [6, 6.07) is 5.91. The van der Waals surface area contributed by atoms with Gasteiger partial charge in [0.25, 0.3) is 0 Å². The number of rotatable bonds is 2. The molecule has 0 bridgehead atoms. The minimum atomic E-state index is -0.251. The quantitative estimate of drug-likeness (QED) is 0.804. The third-order valence-electron chi connectivity index (χ3n) is 3.10. The molecule has 2 atom stereocenters. The maximum Gasteiger partial charge on any atom is 0.165 e. The first-order valence-corrected chi connectivity index (χ1v) is 5.47. The first-order valence-electron chi connectivity index (χ1n) is 5.47. The van der Waals surface area contributed by atoms with E-state index < -0.39 is 0 Å². The molecule has 80 valence electrons. The van der Waals surface area contributed by atoms with Crippen molar-refractivity contribution < 1.29 is 9.13 Å². The van der Waals surface area contributed by atoms with Gasteiger partial charge >= 0.3 is 0 Å². The molecule has 15 heavy (non-hydrogen) atoms. The predicted octanol–water partition coefficient (Wildman–Crippen LogP) is 2.40. The highest BCUT2D eigenvalue weighted by molar-refractivity contribution is 5.41. The molecule has 0 aromatic heterocycles. The van der Waals surface area contributed by atoms with Gasteiger partial charge in [-0.15, -0.1) is 0 Å². The smallest absolute Gasteiger partial charge is 0.165 e. The lowest BCUT2D eigenvalue weighted by Gasteiger charge is -2.15. The summed E-state index contributed by atoms with van der Waals surface area (Å²) in [5.41, 5.74) is 0.967. The summed E-state index contributed by atoms with van der Waals surface area (Å²) in [6.07, 6.45) is 2.49. The molecular formula is C12H14FNO. The van der Waals surface area contributed by atoms with Gasteiger partial charge in [-0.25, -0.2) is 4.39 Å². The Kier molecular flexibility index (Phi) is 1.96. The van der Waals surface area contributed by atoms with Crippen LogP contribution in [0.15, 0.2) is 18.2 Å². The van der Waals surface area contributed by atoms with Crippen molar-refractivity contribution in [3.63, 3.8) is 0 Å². The highest BCUT2D eigenvalue weighted by atomic mass is 19.1. The van der Waals surface area contributed by atoms with Gasteiger partial charge in [0.2, 0.25) is 0 Å². The summed E-state index contributed by atoms with van der Waals surface area (Å²) in [5, 5.41) is 3.49. The average molecular weight is 207 g/mol. The largest absolute Gasteiger partial charge is 0.485 e. The van der Waals surface area contributed by atoms with Crippen molar-refractivity contribution in [1.82, 2.24) is 5.32 Å². The molecular weight excluding hydrogens is 193 g/mol. The van der Waals surface area contributed by atoms with E-state index in [4.69, 9.17) is 4.74 Å². The fourth-order valence-corrected chi connectivity index (χ4v) is 2.13. The van der Waals surface area contributed by atoms with Crippen LogP contribution in [0.4, 0.5) is 4.39 Å². The van der Waals surface area contributed by atoms with E-state index >= 15 is 0 Å². The number of ether oxygens (including phenoxy) is 1. The minimum absolute atomic E-state index is 0.0255. The van der Waals surface area contributed by atoms with Crippen molar-refractivity contribution in [2.24, 2.45) is 0 Å². The van der Waals surface area contributed by atoms with Gasteiger partial charge in [-0.05, 0) is 25.8 Å². The summed E-state index contributed by atoms with van der Waals surface area (Å²) in [5.74, 6) is 0.183. The van der Waals surface area contributed by atoms with E-state index in [1.807, 2.05) is 13.0 Å². The number of fused-ring (bicyclic) bond motifs is 1. The van der Waals surface area contributed by atoms with E-state index in [-0.39, 0.29) is 18.0 Å². The maximum absolute atomic E-state index is 13.4. The molecule has 1 aliphatic carbocycles. The van der Waals surface area contributed by atoms with E-state index in [2.05, 4.69) is 5.32 Å². The molecule has 1 N–H and O–H groups in total. The van der Waals surface area contributed by atoms with Gasteiger partial charge in [-0.1, -0.05) is 12.1 Å². The number of hydrogen-bond acceptors (Lipinski definition) is 2. The number of halogens is 1. The van der Waals surface area contributed by atoms with Gasteiger partial charge in [-0.3, -0.25) is 0 Å². The van der Waals surface area contributed by atoms with Crippen molar-refractivity contribution in [3.05, 3.63) is 29.6 Å². The lowest BCUT2D eigenvalue weighted by atomic mass is 10.0. The van der Waals surface area contributed by atoms with E-state index in [1.165, 1.54) is 18.9 Å². The predicted molar refractivity (Wildman–Crippen MR) is 55.4 cm³/mol. The molecule has 0 spiro atoms. The molecule has 3 rings (SSSR count). The lowest BCUT2D eigenvalue weighted by Crippen LogP contribution is -2.30. The Morgan fingerprint density at radius 1 is 1.40 bits per heavy atom. The second-order valence-electron chi connectivity index (χ2n) is 4.40. The van der Waals surface area contributed by atoms with E-state index in [0.717, 1.165) is 5.56 Å². The molecule has 0 saturated heterocycles. The maximum atomic E-state index is 13.4. The highest BCUT2D eigenvalue weighted by Gasteiger charge is 2.36. The van der Waals surface area contributed by atoms with Crippen LogP contribution >= 0.6 is 0 Å². The zero-order chi connectivity index (χ0) is 10.4. The topological polar surface area (TPSA) is 21.3 Å². The second kappa shape index (κ2) is 3.20. The molecule has 3 heteroatoms. The van der Waals surface area contributed by atoms with Crippen molar-refractivity contribution in [2.45, 2.75) is 38.0 Å². The van der Waals surface area contributed by atoms with Gasteiger partial charge in [-0.2, -0.15) is 0 Å². The Morgan fingerprint density at radius 3 is 2.93 bits per heavy atom. The second-order valence-corrected chi connectivity index (χ2v) is 4.40. The summed E-state index contributed by atoms with van der Waals surface area (Å²) in [4.78, 5) is 0. The van der Waals surface area contributed by atoms with Crippen molar-refractivity contribution >= 4 is 0 Å². The molecule has 2 unspecified atom stereocenters. The molecule has 1 heterocycles. The van der Waals surface area contributed by atoms with Crippen molar-refractivity contribution in [2.75, 3.05) is 0 Å². The van der Waals surface area contributed by atoms with Gasteiger partial charge in [0.15, 0.2) is 11.6 Å². The summed E-state index contributed by atoms with van der Waals surface area (Å²) < 4.78 is 19.0.